The fraction of sp³-hybridized carbons (Fsp3) is 0.464. The highest BCUT2D eigenvalue weighted by Gasteiger charge is 2.35. The van der Waals surface area contributed by atoms with Gasteiger partial charge in [-0.05, 0) is 56.4 Å². The minimum absolute atomic E-state index is 0.00434. The summed E-state index contributed by atoms with van der Waals surface area (Å²) in [5.74, 6) is -1.86. The first-order valence-electron chi connectivity index (χ1n) is 12.0. The van der Waals surface area contributed by atoms with Crippen molar-refractivity contribution in [3.05, 3.63) is 71.5 Å². The standard InChI is InChI=1S/C28H36FNO6/c1-19(2)16-23(30(6)27(33)36-28(3,4)5)25(31)35-24(17-20-12-14-22(29)15-13-20)26(32)34-18-21-10-8-7-9-11-21/h7-15,19,23-24H,16-18H2,1-6H3. The predicted octanol–water partition coefficient (Wildman–Crippen LogP) is 5.31. The van der Waals surface area contributed by atoms with Gasteiger partial charge in [-0.1, -0.05) is 56.3 Å². The molecule has 7 nitrogen and oxygen atoms in total. The molecule has 2 aromatic carbocycles. The molecule has 2 atom stereocenters. The number of benzene rings is 2. The molecular weight excluding hydrogens is 465 g/mol. The van der Waals surface area contributed by atoms with Gasteiger partial charge in [0.05, 0.1) is 0 Å². The molecule has 196 valence electrons. The second kappa shape index (κ2) is 13.0. The zero-order valence-corrected chi connectivity index (χ0v) is 21.8. The second-order valence-electron chi connectivity index (χ2n) is 10.1. The highest BCUT2D eigenvalue weighted by Crippen LogP contribution is 2.19. The van der Waals surface area contributed by atoms with Crippen LogP contribution in [-0.2, 0) is 36.8 Å². The van der Waals surface area contributed by atoms with Gasteiger partial charge in [0.2, 0.25) is 6.10 Å². The maximum absolute atomic E-state index is 13.4. The van der Waals surface area contributed by atoms with E-state index in [-0.39, 0.29) is 18.9 Å². The first-order valence-corrected chi connectivity index (χ1v) is 12.0. The van der Waals surface area contributed by atoms with Crippen LogP contribution in [0.25, 0.3) is 0 Å². The Morgan fingerprint density at radius 1 is 0.917 bits per heavy atom. The molecule has 0 saturated heterocycles. The van der Waals surface area contributed by atoms with Crippen molar-refractivity contribution in [3.63, 3.8) is 0 Å². The fourth-order valence-corrected chi connectivity index (χ4v) is 3.37. The Kier molecular flexibility index (Phi) is 10.4. The van der Waals surface area contributed by atoms with E-state index in [4.69, 9.17) is 14.2 Å². The van der Waals surface area contributed by atoms with Gasteiger partial charge in [-0.3, -0.25) is 4.90 Å². The summed E-state index contributed by atoms with van der Waals surface area (Å²) in [6, 6.07) is 13.7. The lowest BCUT2D eigenvalue weighted by Gasteiger charge is -2.31. The normalized spacial score (nSPS) is 13.0. The van der Waals surface area contributed by atoms with Gasteiger partial charge >= 0.3 is 18.0 Å². The summed E-state index contributed by atoms with van der Waals surface area (Å²) in [5, 5.41) is 0. The molecule has 2 rings (SSSR count). The van der Waals surface area contributed by atoms with E-state index in [0.717, 1.165) is 5.56 Å². The SMILES string of the molecule is CC(C)CC(C(=O)OC(Cc1ccc(F)cc1)C(=O)OCc1ccccc1)N(C)C(=O)OC(C)(C)C. The first kappa shape index (κ1) is 28.8. The Hall–Kier alpha value is -3.42. The van der Waals surface area contributed by atoms with Gasteiger partial charge in [0.15, 0.2) is 0 Å². The lowest BCUT2D eigenvalue weighted by molar-refractivity contribution is -0.171. The third-order valence-corrected chi connectivity index (χ3v) is 5.20. The highest BCUT2D eigenvalue weighted by molar-refractivity contribution is 5.84. The number of ether oxygens (including phenoxy) is 3. The van der Waals surface area contributed by atoms with E-state index in [9.17, 15) is 18.8 Å². The number of esters is 2. The monoisotopic (exact) mass is 501 g/mol. The highest BCUT2D eigenvalue weighted by atomic mass is 19.1. The molecule has 0 saturated carbocycles. The van der Waals surface area contributed by atoms with Crippen molar-refractivity contribution in [3.8, 4) is 0 Å². The number of hydrogen-bond acceptors (Lipinski definition) is 6. The maximum Gasteiger partial charge on any atom is 0.410 e. The Bertz CT molecular complexity index is 1000. The molecule has 0 N–H and O–H groups in total. The Labute approximate surface area is 212 Å². The van der Waals surface area contributed by atoms with Crippen molar-refractivity contribution in [2.75, 3.05) is 7.05 Å². The molecule has 0 spiro atoms. The molecule has 0 fully saturated rings. The molecule has 2 unspecified atom stereocenters. The molecule has 0 aromatic heterocycles. The van der Waals surface area contributed by atoms with Crippen LogP contribution < -0.4 is 0 Å². The summed E-state index contributed by atoms with van der Waals surface area (Å²) in [5.41, 5.74) is 0.621. The predicted molar refractivity (Wildman–Crippen MR) is 133 cm³/mol. The summed E-state index contributed by atoms with van der Waals surface area (Å²) in [6.07, 6.45) is -1.67. The lowest BCUT2D eigenvalue weighted by Crippen LogP contribution is -2.47. The summed E-state index contributed by atoms with van der Waals surface area (Å²) >= 11 is 0. The molecule has 0 aliphatic carbocycles. The summed E-state index contributed by atoms with van der Waals surface area (Å²) < 4.78 is 29.9. The smallest absolute Gasteiger partial charge is 0.410 e. The van der Waals surface area contributed by atoms with Gasteiger partial charge in [0.25, 0.3) is 0 Å². The zero-order valence-electron chi connectivity index (χ0n) is 21.8. The van der Waals surface area contributed by atoms with Crippen molar-refractivity contribution < 1.29 is 33.0 Å². The van der Waals surface area contributed by atoms with E-state index in [1.165, 1.54) is 36.2 Å². The van der Waals surface area contributed by atoms with Crippen LogP contribution in [0.5, 0.6) is 0 Å². The van der Waals surface area contributed by atoms with Gasteiger partial charge in [0, 0.05) is 13.5 Å². The number of nitrogens with zero attached hydrogens (tertiary/aromatic N) is 1. The topological polar surface area (TPSA) is 82.1 Å². The van der Waals surface area contributed by atoms with Gasteiger partial charge in [-0.25, -0.2) is 18.8 Å². The van der Waals surface area contributed by atoms with Crippen molar-refractivity contribution in [1.29, 1.82) is 0 Å². The molecule has 0 bridgehead atoms. The number of rotatable bonds is 10. The molecule has 8 heteroatoms. The first-order chi connectivity index (χ1) is 16.9. The molecule has 0 aliphatic rings. The largest absolute Gasteiger partial charge is 0.458 e. The van der Waals surface area contributed by atoms with Crippen LogP contribution in [0, 0.1) is 11.7 Å². The molecule has 0 aliphatic heterocycles. The van der Waals surface area contributed by atoms with E-state index in [0.29, 0.717) is 12.0 Å². The van der Waals surface area contributed by atoms with Crippen molar-refractivity contribution in [1.82, 2.24) is 4.90 Å². The number of likely N-dealkylation sites (N-methyl/N-ethyl adjacent to an activating group) is 1. The Balaban J connectivity index is 2.22. The van der Waals surface area contributed by atoms with Crippen LogP contribution in [0.4, 0.5) is 9.18 Å². The summed E-state index contributed by atoms with van der Waals surface area (Å²) in [4.78, 5) is 40.1. The number of hydrogen-bond donors (Lipinski definition) is 0. The number of carbonyl (C=O) groups is 3. The molecule has 1 amide bonds. The molecule has 0 radical (unpaired) electrons. The Morgan fingerprint density at radius 2 is 1.53 bits per heavy atom. The number of halogens is 1. The minimum Gasteiger partial charge on any atom is -0.458 e. The quantitative estimate of drug-likeness (QED) is 0.324. The fourth-order valence-electron chi connectivity index (χ4n) is 3.37. The van der Waals surface area contributed by atoms with Crippen LogP contribution in [-0.4, -0.2) is 47.7 Å². The third-order valence-electron chi connectivity index (χ3n) is 5.20. The molecule has 0 heterocycles. The van der Waals surface area contributed by atoms with Gasteiger partial charge in [0.1, 0.15) is 24.1 Å². The van der Waals surface area contributed by atoms with Crippen LogP contribution in [0.3, 0.4) is 0 Å². The molecule has 36 heavy (non-hydrogen) atoms. The van der Waals surface area contributed by atoms with E-state index in [1.54, 1.807) is 20.8 Å². The average molecular weight is 502 g/mol. The average Bonchev–Trinajstić information content (AvgIpc) is 2.80. The third kappa shape index (κ3) is 9.68. The van der Waals surface area contributed by atoms with E-state index in [2.05, 4.69) is 0 Å². The summed E-state index contributed by atoms with van der Waals surface area (Å²) in [7, 11) is 1.46. The number of amides is 1. The van der Waals surface area contributed by atoms with Crippen LogP contribution in [0.1, 0.15) is 52.2 Å². The lowest BCUT2D eigenvalue weighted by atomic mass is 10.0. The van der Waals surface area contributed by atoms with Gasteiger partial charge in [-0.15, -0.1) is 0 Å². The maximum atomic E-state index is 13.4. The second-order valence-corrected chi connectivity index (χ2v) is 10.1. The van der Waals surface area contributed by atoms with Gasteiger partial charge in [-0.2, -0.15) is 0 Å². The molecule has 2 aromatic rings. The van der Waals surface area contributed by atoms with Crippen molar-refractivity contribution in [2.45, 2.75) is 71.8 Å². The van der Waals surface area contributed by atoms with Crippen molar-refractivity contribution in [2.24, 2.45) is 5.92 Å². The van der Waals surface area contributed by atoms with Crippen LogP contribution in [0.15, 0.2) is 54.6 Å². The number of carbonyl (C=O) groups excluding carboxylic acids is 3. The van der Waals surface area contributed by atoms with Crippen LogP contribution >= 0.6 is 0 Å². The van der Waals surface area contributed by atoms with E-state index >= 15 is 0 Å². The minimum atomic E-state index is -1.28. The zero-order chi connectivity index (χ0) is 26.9. The van der Waals surface area contributed by atoms with Crippen LogP contribution in [0.2, 0.25) is 0 Å². The Morgan fingerprint density at radius 3 is 2.08 bits per heavy atom. The van der Waals surface area contributed by atoms with E-state index in [1.807, 2.05) is 44.2 Å². The van der Waals surface area contributed by atoms with Crippen molar-refractivity contribution >= 4 is 18.0 Å². The van der Waals surface area contributed by atoms with E-state index < -0.39 is 41.6 Å². The summed E-state index contributed by atoms with van der Waals surface area (Å²) in [6.45, 7) is 9.02. The van der Waals surface area contributed by atoms with Gasteiger partial charge < -0.3 is 14.2 Å². The molecular formula is C28H36FNO6.